The number of nitrogens with two attached hydrogens (primary N) is 1. The maximum atomic E-state index is 12.8. The number of nitrogen functional groups attached to an aromatic ring is 1. The second-order valence-electron chi connectivity index (χ2n) is 5.22. The fraction of sp³-hybridized carbons (Fsp3) is 0.125. The summed E-state index contributed by atoms with van der Waals surface area (Å²) in [7, 11) is 0. The van der Waals surface area contributed by atoms with Crippen LogP contribution in [0.3, 0.4) is 0 Å². The summed E-state index contributed by atoms with van der Waals surface area (Å²) < 4.78 is 39.2. The molecule has 1 heterocycles. The van der Waals surface area contributed by atoms with Crippen LogP contribution in [0.5, 0.6) is 0 Å². The third-order valence-electron chi connectivity index (χ3n) is 3.45. The SMILES string of the molecule is Nn1c(SCc2cccc(C(F)(F)F)c2)nc2cc(Cl)ccc2c1=O. The van der Waals surface area contributed by atoms with Gasteiger partial charge in [0.2, 0.25) is 0 Å². The lowest BCUT2D eigenvalue weighted by molar-refractivity contribution is -0.137. The van der Waals surface area contributed by atoms with Gasteiger partial charge in [-0.15, -0.1) is 0 Å². The molecule has 3 aromatic rings. The number of fused-ring (bicyclic) bond motifs is 1. The van der Waals surface area contributed by atoms with E-state index < -0.39 is 17.3 Å². The highest BCUT2D eigenvalue weighted by Gasteiger charge is 2.30. The predicted octanol–water partition coefficient (Wildman–Crippen LogP) is 4.07. The second-order valence-corrected chi connectivity index (χ2v) is 6.60. The third kappa shape index (κ3) is 3.74. The van der Waals surface area contributed by atoms with E-state index in [1.54, 1.807) is 12.1 Å². The van der Waals surface area contributed by atoms with E-state index >= 15 is 0 Å². The van der Waals surface area contributed by atoms with Crippen molar-refractivity contribution in [3.63, 3.8) is 0 Å². The van der Waals surface area contributed by atoms with E-state index in [0.717, 1.165) is 28.6 Å². The standard InChI is InChI=1S/C16H11ClF3N3OS/c17-11-4-5-12-13(7-11)22-15(23(21)14(12)24)25-8-9-2-1-3-10(6-9)16(18,19)20/h1-7H,8,21H2. The first-order chi connectivity index (χ1) is 11.8. The van der Waals surface area contributed by atoms with Crippen molar-refractivity contribution in [2.45, 2.75) is 17.1 Å². The summed E-state index contributed by atoms with van der Waals surface area (Å²) in [6.45, 7) is 0. The highest BCUT2D eigenvalue weighted by Crippen LogP contribution is 2.31. The fourth-order valence-corrected chi connectivity index (χ4v) is 3.27. The summed E-state index contributed by atoms with van der Waals surface area (Å²) in [6, 6.07) is 9.58. The maximum absolute atomic E-state index is 12.8. The molecule has 1 aromatic heterocycles. The van der Waals surface area contributed by atoms with Crippen LogP contribution in [0.2, 0.25) is 5.02 Å². The van der Waals surface area contributed by atoms with Crippen molar-refractivity contribution in [1.82, 2.24) is 9.66 Å². The molecule has 0 aliphatic heterocycles. The molecule has 0 bridgehead atoms. The van der Waals surface area contributed by atoms with E-state index in [2.05, 4.69) is 4.98 Å². The van der Waals surface area contributed by atoms with Crippen molar-refractivity contribution in [3.05, 3.63) is 69.0 Å². The van der Waals surface area contributed by atoms with Crippen LogP contribution >= 0.6 is 23.4 Å². The number of rotatable bonds is 3. The molecule has 4 nitrogen and oxygen atoms in total. The summed E-state index contributed by atoms with van der Waals surface area (Å²) in [5.41, 5.74) is -0.354. The van der Waals surface area contributed by atoms with Crippen LogP contribution in [0.15, 0.2) is 52.4 Å². The van der Waals surface area contributed by atoms with Crippen LogP contribution in [0, 0.1) is 0 Å². The third-order valence-corrected chi connectivity index (χ3v) is 4.71. The first-order valence-corrected chi connectivity index (χ1v) is 8.38. The topological polar surface area (TPSA) is 60.9 Å². The average Bonchev–Trinajstić information content (AvgIpc) is 2.56. The Hall–Kier alpha value is -2.19. The van der Waals surface area contributed by atoms with E-state index in [9.17, 15) is 18.0 Å². The summed E-state index contributed by atoms with van der Waals surface area (Å²) >= 11 is 6.97. The van der Waals surface area contributed by atoms with E-state index in [1.807, 2.05) is 0 Å². The minimum absolute atomic E-state index is 0.180. The Balaban J connectivity index is 1.91. The molecule has 2 N–H and O–H groups in total. The second kappa shape index (κ2) is 6.61. The smallest absolute Gasteiger partial charge is 0.334 e. The van der Waals surface area contributed by atoms with Crippen molar-refractivity contribution >= 4 is 34.3 Å². The van der Waals surface area contributed by atoms with E-state index in [0.29, 0.717) is 21.5 Å². The van der Waals surface area contributed by atoms with Gasteiger partial charge in [-0.25, -0.2) is 9.66 Å². The summed E-state index contributed by atoms with van der Waals surface area (Å²) in [5.74, 6) is 5.94. The molecule has 0 spiro atoms. The minimum atomic E-state index is -4.41. The highest BCUT2D eigenvalue weighted by atomic mass is 35.5. The van der Waals surface area contributed by atoms with Crippen LogP contribution in [0.4, 0.5) is 13.2 Å². The lowest BCUT2D eigenvalue weighted by Gasteiger charge is -2.10. The van der Waals surface area contributed by atoms with E-state index in [4.69, 9.17) is 17.4 Å². The Morgan fingerprint density at radius 2 is 1.96 bits per heavy atom. The largest absolute Gasteiger partial charge is 0.416 e. The van der Waals surface area contributed by atoms with Crippen LogP contribution in [-0.2, 0) is 11.9 Å². The molecule has 3 rings (SSSR count). The van der Waals surface area contributed by atoms with Gasteiger partial charge in [-0.2, -0.15) is 13.2 Å². The fourth-order valence-electron chi connectivity index (χ4n) is 2.24. The Labute approximate surface area is 149 Å². The lowest BCUT2D eigenvalue weighted by atomic mass is 10.1. The van der Waals surface area contributed by atoms with Gasteiger partial charge in [-0.3, -0.25) is 4.79 Å². The Kier molecular flexibility index (Phi) is 4.66. The predicted molar refractivity (Wildman–Crippen MR) is 92.2 cm³/mol. The first-order valence-electron chi connectivity index (χ1n) is 7.02. The zero-order valence-electron chi connectivity index (χ0n) is 12.5. The number of alkyl halides is 3. The van der Waals surface area contributed by atoms with Crippen molar-refractivity contribution in [1.29, 1.82) is 0 Å². The zero-order chi connectivity index (χ0) is 18.2. The van der Waals surface area contributed by atoms with Crippen molar-refractivity contribution < 1.29 is 13.2 Å². The normalized spacial score (nSPS) is 11.8. The molecule has 0 fully saturated rings. The monoisotopic (exact) mass is 385 g/mol. The van der Waals surface area contributed by atoms with Gasteiger partial charge in [0.1, 0.15) is 0 Å². The molecule has 0 amide bonds. The summed E-state index contributed by atoms with van der Waals surface area (Å²) in [5, 5.41) is 0.926. The zero-order valence-corrected chi connectivity index (χ0v) is 14.1. The van der Waals surface area contributed by atoms with E-state index in [1.165, 1.54) is 18.2 Å². The number of aromatic nitrogens is 2. The van der Waals surface area contributed by atoms with Gasteiger partial charge in [0, 0.05) is 10.8 Å². The molecular weight excluding hydrogens is 375 g/mol. The Morgan fingerprint density at radius 1 is 1.20 bits per heavy atom. The first kappa shape index (κ1) is 17.6. The van der Waals surface area contributed by atoms with Crippen LogP contribution in [0.1, 0.15) is 11.1 Å². The number of thioether (sulfide) groups is 1. The number of hydrogen-bond acceptors (Lipinski definition) is 4. The summed E-state index contributed by atoms with van der Waals surface area (Å²) in [4.78, 5) is 16.5. The van der Waals surface area contributed by atoms with Crippen LogP contribution in [-0.4, -0.2) is 9.66 Å². The van der Waals surface area contributed by atoms with Gasteiger partial charge in [-0.1, -0.05) is 41.6 Å². The van der Waals surface area contributed by atoms with Gasteiger partial charge in [0.25, 0.3) is 5.56 Å². The van der Waals surface area contributed by atoms with Gasteiger partial charge in [0.15, 0.2) is 5.16 Å². The van der Waals surface area contributed by atoms with Crippen molar-refractivity contribution in [2.75, 3.05) is 5.84 Å². The van der Waals surface area contributed by atoms with Crippen LogP contribution in [0.25, 0.3) is 10.9 Å². The van der Waals surface area contributed by atoms with Gasteiger partial charge >= 0.3 is 6.18 Å². The molecule has 0 aliphatic carbocycles. The average molecular weight is 386 g/mol. The lowest BCUT2D eigenvalue weighted by Crippen LogP contribution is -2.29. The minimum Gasteiger partial charge on any atom is -0.334 e. The molecule has 9 heteroatoms. The Bertz CT molecular complexity index is 1000. The number of nitrogens with zero attached hydrogens (tertiary/aromatic N) is 2. The van der Waals surface area contributed by atoms with Gasteiger partial charge < -0.3 is 5.84 Å². The number of halogens is 4. The Morgan fingerprint density at radius 3 is 2.68 bits per heavy atom. The van der Waals surface area contributed by atoms with Crippen LogP contribution < -0.4 is 11.4 Å². The molecule has 0 aliphatic rings. The molecule has 0 saturated heterocycles. The molecule has 25 heavy (non-hydrogen) atoms. The molecular formula is C16H11ClF3N3OS. The number of hydrogen-bond donors (Lipinski definition) is 1. The van der Waals surface area contributed by atoms with Crippen molar-refractivity contribution in [3.8, 4) is 0 Å². The summed E-state index contributed by atoms with van der Waals surface area (Å²) in [6.07, 6.45) is -4.41. The van der Waals surface area contributed by atoms with Gasteiger partial charge in [-0.05, 0) is 29.8 Å². The number of benzene rings is 2. The van der Waals surface area contributed by atoms with Gasteiger partial charge in [0.05, 0.1) is 16.5 Å². The molecule has 0 atom stereocenters. The van der Waals surface area contributed by atoms with E-state index in [-0.39, 0.29) is 10.9 Å². The highest BCUT2D eigenvalue weighted by molar-refractivity contribution is 7.98. The molecule has 2 aromatic carbocycles. The van der Waals surface area contributed by atoms with Crippen molar-refractivity contribution in [2.24, 2.45) is 0 Å². The molecule has 0 unspecified atom stereocenters. The maximum Gasteiger partial charge on any atom is 0.416 e. The quantitative estimate of drug-likeness (QED) is 0.419. The molecule has 0 radical (unpaired) electrons. The molecule has 0 saturated carbocycles. The molecule has 130 valence electrons.